The minimum atomic E-state index is -3.73. The molecule has 1 saturated carbocycles. The van der Waals surface area contributed by atoms with E-state index in [1.54, 1.807) is 5.38 Å². The van der Waals surface area contributed by atoms with Gasteiger partial charge in [0.1, 0.15) is 9.77 Å². The van der Waals surface area contributed by atoms with Crippen LogP contribution in [0.25, 0.3) is 0 Å². The van der Waals surface area contributed by atoms with E-state index in [9.17, 15) is 18.0 Å². The van der Waals surface area contributed by atoms with E-state index in [0.717, 1.165) is 46.6 Å². The summed E-state index contributed by atoms with van der Waals surface area (Å²) in [5, 5.41) is 6.86. The molecular formula is C19H23N3O4S2. The third-order valence-corrected chi connectivity index (χ3v) is 6.98. The zero-order chi connectivity index (χ0) is 20.5. The molecule has 0 unspecified atom stereocenters. The first-order chi connectivity index (χ1) is 13.2. The summed E-state index contributed by atoms with van der Waals surface area (Å²) in [6, 6.07) is 5.30. The molecule has 0 radical (unpaired) electrons. The van der Waals surface area contributed by atoms with E-state index >= 15 is 0 Å². The molecule has 3 rings (SSSR count). The van der Waals surface area contributed by atoms with Gasteiger partial charge in [-0.2, -0.15) is 0 Å². The Balaban J connectivity index is 1.63. The first-order valence-corrected chi connectivity index (χ1v) is 11.3. The lowest BCUT2D eigenvalue weighted by molar-refractivity contribution is -0.115. The fourth-order valence-electron chi connectivity index (χ4n) is 2.96. The second-order valence-corrected chi connectivity index (χ2v) is 9.61. The smallest absolute Gasteiger partial charge is 0.263 e. The number of anilines is 1. The summed E-state index contributed by atoms with van der Waals surface area (Å²) >= 11 is 1.03. The van der Waals surface area contributed by atoms with Gasteiger partial charge in [0.2, 0.25) is 15.9 Å². The van der Waals surface area contributed by atoms with Gasteiger partial charge >= 0.3 is 0 Å². The molecule has 28 heavy (non-hydrogen) atoms. The van der Waals surface area contributed by atoms with E-state index in [4.69, 9.17) is 0 Å². The van der Waals surface area contributed by atoms with Gasteiger partial charge in [-0.3, -0.25) is 9.59 Å². The zero-order valence-electron chi connectivity index (χ0n) is 16.0. The van der Waals surface area contributed by atoms with Crippen molar-refractivity contribution in [2.24, 2.45) is 0 Å². The number of carbonyl (C=O) groups is 2. The van der Waals surface area contributed by atoms with Crippen LogP contribution in [0.2, 0.25) is 0 Å². The van der Waals surface area contributed by atoms with Gasteiger partial charge in [-0.25, -0.2) is 13.1 Å². The average molecular weight is 422 g/mol. The molecule has 1 aliphatic rings. The highest BCUT2D eigenvalue weighted by Gasteiger charge is 2.31. The highest BCUT2D eigenvalue weighted by atomic mass is 32.2. The van der Waals surface area contributed by atoms with Crippen LogP contribution in [0.3, 0.4) is 0 Å². The van der Waals surface area contributed by atoms with Gasteiger partial charge in [-0.15, -0.1) is 11.3 Å². The Morgan fingerprint density at radius 2 is 1.79 bits per heavy atom. The lowest BCUT2D eigenvalue weighted by atomic mass is 10.1. The topological polar surface area (TPSA) is 104 Å². The molecule has 9 heteroatoms. The van der Waals surface area contributed by atoms with Crippen molar-refractivity contribution in [2.45, 2.75) is 44.6 Å². The standard InChI is InChI=1S/C19H23N3O4S2/c1-11-8-12(2)17(13(3)9-11)21-16(23)10-20-19(24)18-15(6-7-27-18)28(25,26)22-14-4-5-14/h6-9,14,22H,4-5,10H2,1-3H3,(H,20,24)(H,21,23). The Bertz CT molecular complexity index is 1000. The highest BCUT2D eigenvalue weighted by Crippen LogP contribution is 2.26. The largest absolute Gasteiger partial charge is 0.342 e. The molecule has 0 spiro atoms. The van der Waals surface area contributed by atoms with Crippen molar-refractivity contribution >= 4 is 38.9 Å². The number of nitrogens with one attached hydrogen (secondary N) is 3. The molecule has 2 aromatic rings. The van der Waals surface area contributed by atoms with Crippen molar-refractivity contribution in [2.75, 3.05) is 11.9 Å². The van der Waals surface area contributed by atoms with Crippen LogP contribution in [0.15, 0.2) is 28.5 Å². The average Bonchev–Trinajstić information content (AvgIpc) is 3.25. The van der Waals surface area contributed by atoms with Crippen molar-refractivity contribution in [3.8, 4) is 0 Å². The van der Waals surface area contributed by atoms with E-state index in [0.29, 0.717) is 0 Å². The molecule has 1 fully saturated rings. The molecule has 2 amide bonds. The molecule has 0 atom stereocenters. The Kier molecular flexibility index (Phi) is 5.87. The molecular weight excluding hydrogens is 398 g/mol. The van der Waals surface area contributed by atoms with Crippen LogP contribution in [0.1, 0.15) is 39.2 Å². The Morgan fingerprint density at radius 3 is 2.39 bits per heavy atom. The van der Waals surface area contributed by atoms with Gasteiger partial charge in [0.15, 0.2) is 0 Å². The lowest BCUT2D eigenvalue weighted by Gasteiger charge is -2.13. The maximum atomic E-state index is 12.4. The molecule has 1 aromatic carbocycles. The maximum absolute atomic E-state index is 12.4. The molecule has 0 saturated heterocycles. The lowest BCUT2D eigenvalue weighted by Crippen LogP contribution is -2.34. The number of amides is 2. The number of carbonyl (C=O) groups excluding carboxylic acids is 2. The number of aryl methyl sites for hydroxylation is 3. The van der Waals surface area contributed by atoms with Gasteiger partial charge in [0.05, 0.1) is 6.54 Å². The minimum absolute atomic E-state index is 0.0485. The van der Waals surface area contributed by atoms with Crippen molar-refractivity contribution < 1.29 is 18.0 Å². The van der Waals surface area contributed by atoms with Gasteiger partial charge in [0, 0.05) is 11.7 Å². The van der Waals surface area contributed by atoms with E-state index in [1.807, 2.05) is 32.9 Å². The normalized spacial score (nSPS) is 14.0. The molecule has 1 aliphatic carbocycles. The molecule has 7 nitrogen and oxygen atoms in total. The predicted octanol–water partition coefficient (Wildman–Crippen LogP) is 2.48. The quantitative estimate of drug-likeness (QED) is 0.639. The van der Waals surface area contributed by atoms with Crippen molar-refractivity contribution in [3.05, 3.63) is 45.1 Å². The Labute approximate surface area is 168 Å². The van der Waals surface area contributed by atoms with Crippen molar-refractivity contribution in [1.82, 2.24) is 10.0 Å². The molecule has 3 N–H and O–H groups in total. The fourth-order valence-corrected chi connectivity index (χ4v) is 5.61. The second-order valence-electron chi connectivity index (χ2n) is 7.01. The van der Waals surface area contributed by atoms with Crippen LogP contribution >= 0.6 is 11.3 Å². The summed E-state index contributed by atoms with van der Waals surface area (Å²) in [5.41, 5.74) is 3.70. The minimum Gasteiger partial charge on any atom is -0.342 e. The SMILES string of the molecule is Cc1cc(C)c(NC(=O)CNC(=O)c2sccc2S(=O)(=O)NC2CC2)c(C)c1. The van der Waals surface area contributed by atoms with Crippen LogP contribution in [0, 0.1) is 20.8 Å². The Hall–Kier alpha value is -2.23. The molecule has 1 aromatic heterocycles. The summed E-state index contributed by atoms with van der Waals surface area (Å²) in [6.07, 6.45) is 1.62. The van der Waals surface area contributed by atoms with Gasteiger partial charge in [0.25, 0.3) is 5.91 Å². The van der Waals surface area contributed by atoms with Crippen molar-refractivity contribution in [1.29, 1.82) is 0 Å². The molecule has 0 aliphatic heterocycles. The van der Waals surface area contributed by atoms with Crippen LogP contribution in [-0.2, 0) is 14.8 Å². The van der Waals surface area contributed by atoms with Crippen LogP contribution < -0.4 is 15.4 Å². The van der Waals surface area contributed by atoms with Gasteiger partial charge in [-0.1, -0.05) is 17.7 Å². The molecule has 0 bridgehead atoms. The van der Waals surface area contributed by atoms with Gasteiger partial charge in [-0.05, 0) is 56.2 Å². The number of benzene rings is 1. The molecule has 150 valence electrons. The van der Waals surface area contributed by atoms with Gasteiger partial charge < -0.3 is 10.6 Å². The number of sulfonamides is 1. The van der Waals surface area contributed by atoms with Crippen LogP contribution in [0.5, 0.6) is 0 Å². The Morgan fingerprint density at radius 1 is 1.14 bits per heavy atom. The summed E-state index contributed by atoms with van der Waals surface area (Å²) in [4.78, 5) is 24.7. The third-order valence-electron chi connectivity index (χ3n) is 4.37. The monoisotopic (exact) mass is 421 g/mol. The van der Waals surface area contributed by atoms with Crippen LogP contribution in [-0.4, -0.2) is 32.8 Å². The summed E-state index contributed by atoms with van der Waals surface area (Å²) in [5.74, 6) is -0.959. The van der Waals surface area contributed by atoms with E-state index in [2.05, 4.69) is 15.4 Å². The summed E-state index contributed by atoms with van der Waals surface area (Å²) < 4.78 is 27.3. The summed E-state index contributed by atoms with van der Waals surface area (Å²) in [7, 11) is -3.73. The third kappa shape index (κ3) is 4.78. The second kappa shape index (κ2) is 8.02. The fraction of sp³-hybridized carbons (Fsp3) is 0.368. The van der Waals surface area contributed by atoms with E-state index in [1.165, 1.54) is 6.07 Å². The van der Waals surface area contributed by atoms with E-state index in [-0.39, 0.29) is 28.3 Å². The first-order valence-electron chi connectivity index (χ1n) is 8.93. The van der Waals surface area contributed by atoms with Crippen LogP contribution in [0.4, 0.5) is 5.69 Å². The first kappa shape index (κ1) is 20.5. The number of rotatable bonds is 7. The van der Waals surface area contributed by atoms with E-state index < -0.39 is 15.9 Å². The zero-order valence-corrected chi connectivity index (χ0v) is 17.6. The molecule has 1 heterocycles. The summed E-state index contributed by atoms with van der Waals surface area (Å²) in [6.45, 7) is 5.54. The number of hydrogen-bond donors (Lipinski definition) is 3. The predicted molar refractivity (Wildman–Crippen MR) is 109 cm³/mol. The number of thiophene rings is 1. The number of hydrogen-bond acceptors (Lipinski definition) is 5. The maximum Gasteiger partial charge on any atom is 0.263 e. The van der Waals surface area contributed by atoms with Crippen molar-refractivity contribution in [3.63, 3.8) is 0 Å². The highest BCUT2D eigenvalue weighted by molar-refractivity contribution is 7.89.